The van der Waals surface area contributed by atoms with Crippen LogP contribution in [0.4, 0.5) is 13.2 Å². The van der Waals surface area contributed by atoms with Gasteiger partial charge in [-0.2, -0.15) is 23.1 Å². The number of aromatic nitrogens is 3. The molecule has 0 aliphatic heterocycles. The molecule has 1 aliphatic rings. The van der Waals surface area contributed by atoms with Gasteiger partial charge >= 0.3 is 6.18 Å². The number of carbonyl (C=O) groups excluding carboxylic acids is 1. The van der Waals surface area contributed by atoms with Crippen molar-refractivity contribution in [1.29, 1.82) is 0 Å². The Bertz CT molecular complexity index is 910. The highest BCUT2D eigenvalue weighted by molar-refractivity contribution is 5.73. The number of rotatable bonds is 9. The Morgan fingerprint density at radius 1 is 1.22 bits per heavy atom. The molecule has 8 nitrogen and oxygen atoms in total. The fourth-order valence-electron chi connectivity index (χ4n) is 3.64. The first-order chi connectivity index (χ1) is 15.1. The summed E-state index contributed by atoms with van der Waals surface area (Å²) < 4.78 is 55.6. The predicted octanol–water partition coefficient (Wildman–Crippen LogP) is 3.53. The van der Waals surface area contributed by atoms with Gasteiger partial charge in [-0.15, -0.1) is 0 Å². The van der Waals surface area contributed by atoms with Crippen LogP contribution < -0.4 is 14.8 Å². The van der Waals surface area contributed by atoms with Gasteiger partial charge in [-0.05, 0) is 38.7 Å². The Kier molecular flexibility index (Phi) is 7.81. The highest BCUT2D eigenvalue weighted by Gasteiger charge is 2.27. The lowest BCUT2D eigenvalue weighted by molar-refractivity contribution is -0.140. The minimum absolute atomic E-state index is 0.00306. The molecule has 0 unspecified atom stereocenters. The van der Waals surface area contributed by atoms with Crippen LogP contribution in [-0.2, 0) is 16.6 Å². The summed E-state index contributed by atoms with van der Waals surface area (Å²) in [5, 5.41) is 2.80. The van der Waals surface area contributed by atoms with E-state index in [9.17, 15) is 18.0 Å². The van der Waals surface area contributed by atoms with Crippen molar-refractivity contribution in [3.8, 4) is 11.9 Å². The number of hydrogen-bond acceptors (Lipinski definition) is 6. The van der Waals surface area contributed by atoms with E-state index in [4.69, 9.17) is 14.2 Å². The zero-order valence-electron chi connectivity index (χ0n) is 18.4. The predicted molar refractivity (Wildman–Crippen MR) is 111 cm³/mol. The van der Waals surface area contributed by atoms with E-state index in [1.165, 1.54) is 11.5 Å². The average Bonchev–Trinajstić information content (AvgIpc) is 3.01. The minimum atomic E-state index is -4.28. The second-order valence-electron chi connectivity index (χ2n) is 8.11. The van der Waals surface area contributed by atoms with Gasteiger partial charge in [0.1, 0.15) is 18.2 Å². The number of carbonyl (C=O) groups is 1. The third-order valence-corrected chi connectivity index (χ3v) is 5.21. The monoisotopic (exact) mass is 458 g/mol. The highest BCUT2D eigenvalue weighted by Crippen LogP contribution is 2.27. The van der Waals surface area contributed by atoms with Crippen molar-refractivity contribution in [3.05, 3.63) is 12.1 Å². The Labute approximate surface area is 184 Å². The third kappa shape index (κ3) is 6.98. The lowest BCUT2D eigenvalue weighted by Gasteiger charge is -2.29. The molecule has 1 aliphatic carbocycles. The Morgan fingerprint density at radius 2 is 1.91 bits per heavy atom. The lowest BCUT2D eigenvalue weighted by Crippen LogP contribution is -2.36. The number of alkyl halides is 3. The van der Waals surface area contributed by atoms with Crippen LogP contribution in [0.15, 0.2) is 12.1 Å². The Balaban J connectivity index is 1.50. The summed E-state index contributed by atoms with van der Waals surface area (Å²) in [5.41, 5.74) is 1.00. The quantitative estimate of drug-likeness (QED) is 0.619. The van der Waals surface area contributed by atoms with Crippen molar-refractivity contribution in [1.82, 2.24) is 19.9 Å². The van der Waals surface area contributed by atoms with Crippen molar-refractivity contribution in [2.45, 2.75) is 70.4 Å². The SMILES string of the molecule is CC(=O)N[C@@H](C)COC1CCC(Oc2ccc3nc(OCCC(F)(F)F)n(C)c3n2)CC1. The van der Waals surface area contributed by atoms with Gasteiger partial charge in [0.2, 0.25) is 11.8 Å². The van der Waals surface area contributed by atoms with Crippen molar-refractivity contribution in [2.75, 3.05) is 13.2 Å². The normalized spacial score (nSPS) is 20.2. The number of imidazole rings is 1. The fraction of sp³-hybridized carbons (Fsp3) is 0.667. The second kappa shape index (κ2) is 10.4. The summed E-state index contributed by atoms with van der Waals surface area (Å²) in [7, 11) is 1.64. The largest absolute Gasteiger partial charge is 0.474 e. The van der Waals surface area contributed by atoms with E-state index in [-0.39, 0.29) is 30.2 Å². The number of fused-ring (bicyclic) bond motifs is 1. The van der Waals surface area contributed by atoms with E-state index in [1.807, 2.05) is 6.92 Å². The first kappa shape index (κ1) is 24.1. The molecule has 32 heavy (non-hydrogen) atoms. The number of amides is 1. The second-order valence-corrected chi connectivity index (χ2v) is 8.11. The minimum Gasteiger partial charge on any atom is -0.474 e. The smallest absolute Gasteiger partial charge is 0.392 e. The molecule has 1 atom stereocenters. The molecule has 11 heteroatoms. The zero-order valence-corrected chi connectivity index (χ0v) is 18.4. The molecule has 0 aromatic carbocycles. The molecule has 1 amide bonds. The van der Waals surface area contributed by atoms with Crippen molar-refractivity contribution in [3.63, 3.8) is 0 Å². The molecular weight excluding hydrogens is 429 g/mol. The topological polar surface area (TPSA) is 87.5 Å². The number of pyridine rings is 1. The number of nitrogens with one attached hydrogen (secondary N) is 1. The molecule has 0 saturated heterocycles. The summed E-state index contributed by atoms with van der Waals surface area (Å²) in [6, 6.07) is 3.47. The van der Waals surface area contributed by atoms with Crippen LogP contribution in [0.3, 0.4) is 0 Å². The van der Waals surface area contributed by atoms with E-state index in [0.29, 0.717) is 23.7 Å². The van der Waals surface area contributed by atoms with Crippen LogP contribution >= 0.6 is 0 Å². The molecule has 2 aromatic rings. The van der Waals surface area contributed by atoms with E-state index in [2.05, 4.69) is 15.3 Å². The van der Waals surface area contributed by atoms with E-state index in [0.717, 1.165) is 25.7 Å². The van der Waals surface area contributed by atoms with Crippen LogP contribution in [0.25, 0.3) is 11.2 Å². The fourth-order valence-corrected chi connectivity index (χ4v) is 3.64. The first-order valence-electron chi connectivity index (χ1n) is 10.7. The van der Waals surface area contributed by atoms with E-state index in [1.54, 1.807) is 19.2 Å². The molecule has 1 N–H and O–H groups in total. The van der Waals surface area contributed by atoms with Gasteiger partial charge in [0.25, 0.3) is 6.01 Å². The van der Waals surface area contributed by atoms with Crippen molar-refractivity contribution < 1.29 is 32.2 Å². The number of nitrogens with zero attached hydrogens (tertiary/aromatic N) is 3. The molecule has 3 rings (SSSR count). The molecule has 1 saturated carbocycles. The summed E-state index contributed by atoms with van der Waals surface area (Å²) in [4.78, 5) is 19.7. The number of hydrogen-bond donors (Lipinski definition) is 1. The van der Waals surface area contributed by atoms with Gasteiger partial charge in [-0.3, -0.25) is 9.36 Å². The molecule has 0 spiro atoms. The number of aryl methyl sites for hydroxylation is 1. The van der Waals surface area contributed by atoms with Crippen LogP contribution in [0, 0.1) is 0 Å². The van der Waals surface area contributed by atoms with Crippen LogP contribution in [0.1, 0.15) is 46.0 Å². The number of halogens is 3. The average molecular weight is 458 g/mol. The van der Waals surface area contributed by atoms with Gasteiger partial charge in [0, 0.05) is 26.1 Å². The van der Waals surface area contributed by atoms with Gasteiger partial charge in [-0.25, -0.2) is 0 Å². The van der Waals surface area contributed by atoms with Gasteiger partial charge < -0.3 is 19.5 Å². The summed E-state index contributed by atoms with van der Waals surface area (Å²) in [6.07, 6.45) is -1.86. The molecule has 0 bridgehead atoms. The van der Waals surface area contributed by atoms with Gasteiger partial charge in [0.15, 0.2) is 5.65 Å². The van der Waals surface area contributed by atoms with E-state index < -0.39 is 19.2 Å². The van der Waals surface area contributed by atoms with Crippen LogP contribution in [0.2, 0.25) is 0 Å². The highest BCUT2D eigenvalue weighted by atomic mass is 19.4. The Morgan fingerprint density at radius 3 is 2.56 bits per heavy atom. The summed E-state index contributed by atoms with van der Waals surface area (Å²) >= 11 is 0. The summed E-state index contributed by atoms with van der Waals surface area (Å²) in [5.74, 6) is 0.363. The maximum absolute atomic E-state index is 12.3. The molecule has 2 aromatic heterocycles. The number of ether oxygens (including phenoxy) is 3. The summed E-state index contributed by atoms with van der Waals surface area (Å²) in [6.45, 7) is 3.36. The zero-order chi connectivity index (χ0) is 23.3. The van der Waals surface area contributed by atoms with Gasteiger partial charge in [0.05, 0.1) is 19.1 Å². The molecular formula is C21H29F3N4O4. The molecule has 0 radical (unpaired) electrons. The first-order valence-corrected chi connectivity index (χ1v) is 10.7. The van der Waals surface area contributed by atoms with Crippen LogP contribution in [0.5, 0.6) is 11.9 Å². The van der Waals surface area contributed by atoms with Gasteiger partial charge in [-0.1, -0.05) is 0 Å². The molecule has 1 fully saturated rings. The van der Waals surface area contributed by atoms with Crippen molar-refractivity contribution >= 4 is 17.1 Å². The van der Waals surface area contributed by atoms with E-state index >= 15 is 0 Å². The molecule has 178 valence electrons. The lowest BCUT2D eigenvalue weighted by atomic mass is 9.95. The van der Waals surface area contributed by atoms with Crippen molar-refractivity contribution in [2.24, 2.45) is 7.05 Å². The maximum atomic E-state index is 12.3. The maximum Gasteiger partial charge on any atom is 0.392 e. The third-order valence-electron chi connectivity index (χ3n) is 5.21. The Hall–Kier alpha value is -2.56. The standard InChI is InChI=1S/C21H29F3N4O4/c1-13(25-14(2)29)12-31-15-4-6-16(7-5-15)32-18-9-8-17-19(27-18)28(3)20(26-17)30-11-10-21(22,23)24/h8-9,13,15-16H,4-7,10-12H2,1-3H3,(H,25,29)/t13-,15?,16?/m0/s1. The van der Waals surface area contributed by atoms with Crippen LogP contribution in [-0.4, -0.2) is 58.1 Å². The molecule has 2 heterocycles.